The molecule has 4 rings (SSSR count). The van der Waals surface area contributed by atoms with E-state index in [9.17, 15) is 18.0 Å². The Morgan fingerprint density at radius 2 is 1.63 bits per heavy atom. The van der Waals surface area contributed by atoms with Crippen molar-refractivity contribution < 1.29 is 17.9 Å². The van der Waals surface area contributed by atoms with Crippen molar-refractivity contribution in [3.63, 3.8) is 0 Å². The zero-order valence-corrected chi connectivity index (χ0v) is 20.2. The minimum absolute atomic E-state index is 0.00275. The molecule has 0 aliphatic heterocycles. The molecule has 180 valence electrons. The Kier molecular flexibility index (Phi) is 6.68. The van der Waals surface area contributed by atoms with Gasteiger partial charge in [0, 0.05) is 5.39 Å². The Morgan fingerprint density at radius 1 is 0.971 bits per heavy atom. The highest BCUT2D eigenvalue weighted by molar-refractivity contribution is 7.89. The monoisotopic (exact) mass is 492 g/mol. The van der Waals surface area contributed by atoms with Crippen molar-refractivity contribution in [2.45, 2.75) is 25.3 Å². The topological polar surface area (TPSA) is 119 Å². The Morgan fingerprint density at radius 3 is 2.31 bits per heavy atom. The Labute approximate surface area is 202 Å². The van der Waals surface area contributed by atoms with Crippen LogP contribution in [0.2, 0.25) is 0 Å². The third kappa shape index (κ3) is 4.93. The second-order valence-electron chi connectivity index (χ2n) is 7.99. The lowest BCUT2D eigenvalue weighted by atomic mass is 10.1. The zero-order valence-electron chi connectivity index (χ0n) is 19.4. The molecule has 0 fully saturated rings. The summed E-state index contributed by atoms with van der Waals surface area (Å²) < 4.78 is 32.3. The summed E-state index contributed by atoms with van der Waals surface area (Å²) in [5.74, 6) is -0.240. The van der Waals surface area contributed by atoms with Crippen molar-refractivity contribution in [3.8, 4) is 5.75 Å². The quantitative estimate of drug-likeness (QED) is 0.383. The van der Waals surface area contributed by atoms with E-state index in [0.29, 0.717) is 27.6 Å². The minimum Gasteiger partial charge on any atom is -0.496 e. The molecule has 0 bridgehead atoms. The minimum atomic E-state index is -4.10. The fraction of sp³-hybridized carbons (Fsp3) is 0.160. The number of hydrogen-bond acceptors (Lipinski definition) is 6. The van der Waals surface area contributed by atoms with E-state index in [1.165, 1.54) is 17.9 Å². The number of ether oxygens (including phenoxy) is 1. The molecule has 0 saturated heterocycles. The van der Waals surface area contributed by atoms with Crippen LogP contribution in [0.15, 0.2) is 76.4 Å². The maximum atomic E-state index is 13.1. The molecule has 0 radical (unpaired) electrons. The van der Waals surface area contributed by atoms with E-state index in [4.69, 9.17) is 4.74 Å². The smallest absolute Gasteiger partial charge is 0.287 e. The molecule has 1 amide bonds. The number of hydrogen-bond donors (Lipinski definition) is 2. The summed E-state index contributed by atoms with van der Waals surface area (Å²) in [6.45, 7) is 3.51. The molecule has 0 saturated carbocycles. The summed E-state index contributed by atoms with van der Waals surface area (Å²) in [7, 11) is -2.59. The van der Waals surface area contributed by atoms with Gasteiger partial charge >= 0.3 is 0 Å². The Balaban J connectivity index is 1.67. The van der Waals surface area contributed by atoms with Gasteiger partial charge < -0.3 is 4.74 Å². The Bertz CT molecular complexity index is 1580. The summed E-state index contributed by atoms with van der Waals surface area (Å²) in [6.07, 6.45) is 0. The van der Waals surface area contributed by atoms with E-state index in [1.807, 2.05) is 30.3 Å². The van der Waals surface area contributed by atoms with Gasteiger partial charge in [-0.15, -0.1) is 4.83 Å². The number of hydrazine groups is 1. The molecule has 1 aromatic heterocycles. The molecule has 10 heteroatoms. The van der Waals surface area contributed by atoms with Crippen LogP contribution in [0.5, 0.6) is 5.75 Å². The first-order valence-electron chi connectivity index (χ1n) is 10.7. The summed E-state index contributed by atoms with van der Waals surface area (Å²) in [6, 6.07) is 18.9. The van der Waals surface area contributed by atoms with Gasteiger partial charge in [-0.2, -0.15) is 5.10 Å². The number of methoxy groups -OCH3 is 1. The summed E-state index contributed by atoms with van der Waals surface area (Å²) in [4.78, 5) is 28.2. The summed E-state index contributed by atoms with van der Waals surface area (Å²) in [5, 5.41) is 4.88. The lowest BCUT2D eigenvalue weighted by molar-refractivity contribution is 0.0939. The van der Waals surface area contributed by atoms with Crippen LogP contribution in [0, 0.1) is 13.8 Å². The van der Waals surface area contributed by atoms with Crippen molar-refractivity contribution in [2.24, 2.45) is 0 Å². The number of carbonyl (C=O) groups is 1. The SMILES string of the molecule is COc1cc(C)c(S(=O)(=O)NNC(=O)c2nn(Cc3ccccc3)c(=O)c3ccccc23)cc1C. The van der Waals surface area contributed by atoms with Gasteiger partial charge in [-0.1, -0.05) is 48.5 Å². The molecule has 35 heavy (non-hydrogen) atoms. The van der Waals surface area contributed by atoms with Gasteiger partial charge in [0.1, 0.15) is 5.75 Å². The van der Waals surface area contributed by atoms with Gasteiger partial charge in [-0.3, -0.25) is 15.0 Å². The van der Waals surface area contributed by atoms with E-state index in [0.717, 1.165) is 5.56 Å². The van der Waals surface area contributed by atoms with Crippen LogP contribution >= 0.6 is 0 Å². The first kappa shape index (κ1) is 24.1. The molecular formula is C25H24N4O5S. The van der Waals surface area contributed by atoms with Crippen LogP contribution in [-0.4, -0.2) is 31.2 Å². The molecule has 0 aliphatic carbocycles. The molecule has 0 atom stereocenters. The highest BCUT2D eigenvalue weighted by Crippen LogP contribution is 2.25. The van der Waals surface area contributed by atoms with Gasteiger partial charge in [0.15, 0.2) is 5.69 Å². The molecule has 4 aromatic rings. The predicted molar refractivity (Wildman–Crippen MR) is 132 cm³/mol. The molecular weight excluding hydrogens is 468 g/mol. The van der Waals surface area contributed by atoms with Gasteiger partial charge in [0.05, 0.1) is 23.9 Å². The van der Waals surface area contributed by atoms with Gasteiger partial charge in [-0.05, 0) is 48.7 Å². The second-order valence-corrected chi connectivity index (χ2v) is 9.64. The van der Waals surface area contributed by atoms with Crippen molar-refractivity contribution in [3.05, 3.63) is 99.5 Å². The predicted octanol–water partition coefficient (Wildman–Crippen LogP) is 2.69. The third-order valence-electron chi connectivity index (χ3n) is 5.54. The average Bonchev–Trinajstić information content (AvgIpc) is 2.86. The van der Waals surface area contributed by atoms with Crippen LogP contribution in [-0.2, 0) is 16.6 Å². The highest BCUT2D eigenvalue weighted by atomic mass is 32.2. The van der Waals surface area contributed by atoms with E-state index in [1.54, 1.807) is 44.2 Å². The van der Waals surface area contributed by atoms with Crippen LogP contribution < -0.4 is 20.6 Å². The van der Waals surface area contributed by atoms with E-state index in [2.05, 4.69) is 15.4 Å². The first-order valence-corrected chi connectivity index (χ1v) is 12.2. The lowest BCUT2D eigenvalue weighted by Crippen LogP contribution is -2.43. The average molecular weight is 493 g/mol. The number of carbonyl (C=O) groups excluding carboxylic acids is 1. The van der Waals surface area contributed by atoms with Gasteiger partial charge in [-0.25, -0.2) is 13.1 Å². The molecule has 1 heterocycles. The van der Waals surface area contributed by atoms with E-state index >= 15 is 0 Å². The molecule has 9 nitrogen and oxygen atoms in total. The van der Waals surface area contributed by atoms with Crippen molar-refractivity contribution in [1.29, 1.82) is 0 Å². The maximum Gasteiger partial charge on any atom is 0.287 e. The normalized spacial score (nSPS) is 11.4. The van der Waals surface area contributed by atoms with Crippen LogP contribution in [0.1, 0.15) is 27.2 Å². The third-order valence-corrected chi connectivity index (χ3v) is 6.93. The fourth-order valence-electron chi connectivity index (χ4n) is 3.77. The van der Waals surface area contributed by atoms with Crippen LogP contribution in [0.25, 0.3) is 10.8 Å². The number of rotatable bonds is 7. The number of benzene rings is 3. The molecule has 3 aromatic carbocycles. The van der Waals surface area contributed by atoms with Crippen molar-refractivity contribution in [2.75, 3.05) is 7.11 Å². The number of fused-ring (bicyclic) bond motifs is 1. The van der Waals surface area contributed by atoms with E-state index < -0.39 is 15.9 Å². The van der Waals surface area contributed by atoms with Crippen LogP contribution in [0.4, 0.5) is 0 Å². The number of aromatic nitrogens is 2. The lowest BCUT2D eigenvalue weighted by Gasteiger charge is -2.14. The molecule has 2 N–H and O–H groups in total. The standard InChI is InChI=1S/C25H24N4O5S/c1-16-14-22(17(2)13-21(16)34-3)35(32,33)28-26-24(30)23-19-11-7-8-12-20(19)25(31)29(27-23)15-18-9-5-4-6-10-18/h4-14,28H,15H2,1-3H3,(H,26,30). The number of sulfonamides is 1. The largest absolute Gasteiger partial charge is 0.496 e. The van der Waals surface area contributed by atoms with Gasteiger partial charge in [0.2, 0.25) is 0 Å². The maximum absolute atomic E-state index is 13.1. The Hall–Kier alpha value is -4.02. The van der Waals surface area contributed by atoms with Crippen LogP contribution in [0.3, 0.4) is 0 Å². The molecule has 0 spiro atoms. The fourth-order valence-corrected chi connectivity index (χ4v) is 4.92. The number of aryl methyl sites for hydroxylation is 2. The number of nitrogens with one attached hydrogen (secondary N) is 2. The number of nitrogens with zero attached hydrogens (tertiary/aromatic N) is 2. The zero-order chi connectivity index (χ0) is 25.2. The summed E-state index contributed by atoms with van der Waals surface area (Å²) in [5.41, 5.74) is 3.70. The highest BCUT2D eigenvalue weighted by Gasteiger charge is 2.22. The second kappa shape index (κ2) is 9.69. The van der Waals surface area contributed by atoms with Crippen molar-refractivity contribution >= 4 is 26.7 Å². The van der Waals surface area contributed by atoms with Gasteiger partial charge in [0.25, 0.3) is 21.5 Å². The number of amides is 1. The molecule has 0 aliphatic rings. The summed E-state index contributed by atoms with van der Waals surface area (Å²) >= 11 is 0. The molecule has 0 unspecified atom stereocenters. The first-order chi connectivity index (χ1) is 16.7. The van der Waals surface area contributed by atoms with E-state index in [-0.39, 0.29) is 22.7 Å². The van der Waals surface area contributed by atoms with Crippen molar-refractivity contribution in [1.82, 2.24) is 20.0 Å².